The van der Waals surface area contributed by atoms with E-state index in [1.807, 2.05) is 0 Å². The van der Waals surface area contributed by atoms with Crippen LogP contribution in [-0.4, -0.2) is 7.85 Å². The zero-order chi connectivity index (χ0) is 15.4. The fourth-order valence-corrected chi connectivity index (χ4v) is 4.81. The SMILES string of the molecule is [B]c1cc2c(cc1I)C(CC)(CC)c1cc(I)c(Br)cc1-2. The Hall–Kier alpha value is 0.445. The van der Waals surface area contributed by atoms with E-state index in [2.05, 4.69) is 99.2 Å². The first kappa shape index (κ1) is 16.3. The van der Waals surface area contributed by atoms with Crippen molar-refractivity contribution in [3.63, 3.8) is 0 Å². The van der Waals surface area contributed by atoms with Crippen molar-refractivity contribution in [2.75, 3.05) is 0 Å². The number of halogens is 3. The first-order valence-corrected chi connectivity index (χ1v) is 9.99. The minimum Gasteiger partial charge on any atom is -0.0829 e. The summed E-state index contributed by atoms with van der Waals surface area (Å²) >= 11 is 8.43. The van der Waals surface area contributed by atoms with Crippen molar-refractivity contribution in [3.05, 3.63) is 47.0 Å². The van der Waals surface area contributed by atoms with Gasteiger partial charge in [-0.15, -0.1) is 0 Å². The lowest BCUT2D eigenvalue weighted by Crippen LogP contribution is -2.24. The summed E-state index contributed by atoms with van der Waals surface area (Å²) in [6.07, 6.45) is 2.22. The topological polar surface area (TPSA) is 0 Å². The van der Waals surface area contributed by atoms with Crippen molar-refractivity contribution in [1.82, 2.24) is 0 Å². The van der Waals surface area contributed by atoms with Crippen LogP contribution in [0.5, 0.6) is 0 Å². The van der Waals surface area contributed by atoms with Gasteiger partial charge in [-0.1, -0.05) is 25.4 Å². The maximum atomic E-state index is 6.17. The second-order valence-corrected chi connectivity index (χ2v) is 8.70. The lowest BCUT2D eigenvalue weighted by atomic mass is 9.73. The molecule has 0 unspecified atom stereocenters. The molecule has 0 N–H and O–H groups in total. The Bertz CT molecular complexity index is 677. The molecule has 0 spiro atoms. The van der Waals surface area contributed by atoms with Crippen LogP contribution >= 0.6 is 61.1 Å². The fraction of sp³-hybridized carbons (Fsp3) is 0.294. The van der Waals surface area contributed by atoms with Gasteiger partial charge in [0.15, 0.2) is 0 Å². The monoisotopic (exact) mass is 562 g/mol. The molecular formula is C17H14BBrI2. The van der Waals surface area contributed by atoms with Crippen molar-refractivity contribution in [2.24, 2.45) is 0 Å². The maximum absolute atomic E-state index is 6.17. The highest BCUT2D eigenvalue weighted by molar-refractivity contribution is 14.1. The smallest absolute Gasteiger partial charge is 0.0829 e. The van der Waals surface area contributed by atoms with E-state index in [9.17, 15) is 0 Å². The van der Waals surface area contributed by atoms with Gasteiger partial charge >= 0.3 is 0 Å². The molecular weight excluding hydrogens is 549 g/mol. The highest BCUT2D eigenvalue weighted by Gasteiger charge is 2.41. The molecule has 2 radical (unpaired) electrons. The van der Waals surface area contributed by atoms with Gasteiger partial charge in [-0.3, -0.25) is 0 Å². The minimum absolute atomic E-state index is 0.124. The van der Waals surface area contributed by atoms with Gasteiger partial charge in [0.25, 0.3) is 0 Å². The molecule has 0 atom stereocenters. The molecule has 1 aliphatic rings. The Labute approximate surface area is 163 Å². The molecule has 1 aliphatic carbocycles. The molecule has 0 aromatic heterocycles. The van der Waals surface area contributed by atoms with E-state index in [0.717, 1.165) is 26.3 Å². The molecule has 21 heavy (non-hydrogen) atoms. The van der Waals surface area contributed by atoms with Crippen molar-refractivity contribution < 1.29 is 0 Å². The van der Waals surface area contributed by atoms with E-state index in [0.29, 0.717) is 0 Å². The van der Waals surface area contributed by atoms with Gasteiger partial charge in [0.05, 0.1) is 0 Å². The Morgan fingerprint density at radius 3 is 2.05 bits per heavy atom. The van der Waals surface area contributed by atoms with Crippen molar-refractivity contribution in [2.45, 2.75) is 32.1 Å². The molecule has 0 bridgehead atoms. The number of benzene rings is 2. The molecule has 0 nitrogen and oxygen atoms in total. The molecule has 3 rings (SSSR count). The van der Waals surface area contributed by atoms with E-state index < -0.39 is 0 Å². The summed E-state index contributed by atoms with van der Waals surface area (Å²) in [5, 5.41) is 0. The van der Waals surface area contributed by atoms with E-state index in [4.69, 9.17) is 7.85 Å². The number of hydrogen-bond donors (Lipinski definition) is 0. The van der Waals surface area contributed by atoms with E-state index in [1.165, 1.54) is 25.8 Å². The van der Waals surface area contributed by atoms with Gasteiger partial charge in [0.1, 0.15) is 7.85 Å². The summed E-state index contributed by atoms with van der Waals surface area (Å²) < 4.78 is 3.58. The van der Waals surface area contributed by atoms with Crippen LogP contribution in [0.4, 0.5) is 0 Å². The molecule has 0 aliphatic heterocycles. The highest BCUT2D eigenvalue weighted by atomic mass is 127. The third kappa shape index (κ3) is 2.35. The second kappa shape index (κ2) is 5.82. The standard InChI is InChI=1S/C17H14BBrI2/c1-3-17(4-2)11-7-15(20)13(18)5-9(11)10-6-14(19)16(21)8-12(10)17/h5-8H,3-4H2,1-2H3. The first-order chi connectivity index (χ1) is 9.94. The molecule has 0 fully saturated rings. The first-order valence-electron chi connectivity index (χ1n) is 7.04. The molecule has 0 heterocycles. The van der Waals surface area contributed by atoms with Gasteiger partial charge in [-0.05, 0) is 114 Å². The molecule has 2 aromatic rings. The lowest BCUT2D eigenvalue weighted by molar-refractivity contribution is 0.490. The van der Waals surface area contributed by atoms with Gasteiger partial charge < -0.3 is 0 Å². The fourth-order valence-electron chi connectivity index (χ4n) is 3.53. The Kier molecular flexibility index (Phi) is 4.52. The Balaban J connectivity index is 2.42. The molecule has 2 aromatic carbocycles. The summed E-state index contributed by atoms with van der Waals surface area (Å²) in [6, 6.07) is 9.05. The van der Waals surface area contributed by atoms with Crippen LogP contribution in [0.15, 0.2) is 28.7 Å². The quantitative estimate of drug-likeness (QED) is 0.333. The minimum atomic E-state index is 0.124. The number of hydrogen-bond acceptors (Lipinski definition) is 0. The largest absolute Gasteiger partial charge is 0.115 e. The molecule has 0 saturated carbocycles. The predicted molar refractivity (Wildman–Crippen MR) is 112 cm³/mol. The van der Waals surface area contributed by atoms with Crippen LogP contribution in [0.25, 0.3) is 11.1 Å². The summed E-state index contributed by atoms with van der Waals surface area (Å²) in [5.74, 6) is 0. The summed E-state index contributed by atoms with van der Waals surface area (Å²) in [4.78, 5) is 0. The van der Waals surface area contributed by atoms with Crippen LogP contribution in [0, 0.1) is 7.14 Å². The third-order valence-corrected chi connectivity index (χ3v) is 7.95. The highest BCUT2D eigenvalue weighted by Crippen LogP contribution is 2.53. The second-order valence-electron chi connectivity index (χ2n) is 5.52. The normalized spacial score (nSPS) is 14.9. The Morgan fingerprint density at radius 1 is 0.952 bits per heavy atom. The average Bonchev–Trinajstić information content (AvgIpc) is 2.70. The van der Waals surface area contributed by atoms with Crippen LogP contribution in [0.3, 0.4) is 0 Å². The van der Waals surface area contributed by atoms with Gasteiger partial charge in [-0.2, -0.15) is 0 Å². The summed E-state index contributed by atoms with van der Waals surface area (Å²) in [7, 11) is 6.17. The van der Waals surface area contributed by atoms with Crippen molar-refractivity contribution >= 4 is 74.4 Å². The third-order valence-electron chi connectivity index (χ3n) is 4.73. The molecule has 0 amide bonds. The van der Waals surface area contributed by atoms with Crippen molar-refractivity contribution in [1.29, 1.82) is 0 Å². The van der Waals surface area contributed by atoms with E-state index in [-0.39, 0.29) is 5.41 Å². The lowest BCUT2D eigenvalue weighted by Gasteiger charge is -2.30. The van der Waals surface area contributed by atoms with Crippen molar-refractivity contribution in [3.8, 4) is 11.1 Å². The molecule has 4 heteroatoms. The van der Waals surface area contributed by atoms with Gasteiger partial charge in [-0.25, -0.2) is 0 Å². The van der Waals surface area contributed by atoms with Crippen LogP contribution in [0.1, 0.15) is 37.8 Å². The average molecular weight is 563 g/mol. The van der Waals surface area contributed by atoms with E-state index >= 15 is 0 Å². The predicted octanol–water partition coefficient (Wildman–Crippen LogP) is 5.54. The summed E-state index contributed by atoms with van der Waals surface area (Å²) in [5.41, 5.74) is 6.54. The van der Waals surface area contributed by atoms with Crippen LogP contribution in [-0.2, 0) is 5.41 Å². The van der Waals surface area contributed by atoms with Crippen LogP contribution < -0.4 is 5.46 Å². The number of rotatable bonds is 2. The number of fused-ring (bicyclic) bond motifs is 3. The van der Waals surface area contributed by atoms with E-state index in [1.54, 1.807) is 0 Å². The molecule has 0 saturated heterocycles. The summed E-state index contributed by atoms with van der Waals surface area (Å²) in [6.45, 7) is 4.58. The zero-order valence-electron chi connectivity index (χ0n) is 11.9. The molecule has 106 valence electrons. The Morgan fingerprint density at radius 2 is 1.48 bits per heavy atom. The zero-order valence-corrected chi connectivity index (χ0v) is 17.8. The van der Waals surface area contributed by atoms with Gasteiger partial charge in [0, 0.05) is 17.0 Å². The van der Waals surface area contributed by atoms with Gasteiger partial charge in [0.2, 0.25) is 0 Å². The maximum Gasteiger partial charge on any atom is 0.115 e. The van der Waals surface area contributed by atoms with Crippen LogP contribution in [0.2, 0.25) is 0 Å².